The molecule has 2 N–H and O–H groups in total. The Morgan fingerprint density at radius 3 is 2.59 bits per heavy atom. The number of hydrogen-bond donors (Lipinski definition) is 1. The third-order valence-electron chi connectivity index (χ3n) is 2.62. The van der Waals surface area contributed by atoms with Crippen molar-refractivity contribution < 1.29 is 4.79 Å². The van der Waals surface area contributed by atoms with Gasteiger partial charge in [-0.2, -0.15) is 0 Å². The van der Waals surface area contributed by atoms with Crippen molar-refractivity contribution in [1.82, 2.24) is 0 Å². The van der Waals surface area contributed by atoms with Crippen LogP contribution in [-0.4, -0.2) is 5.78 Å². The molecule has 88 valence electrons. The Morgan fingerprint density at radius 2 is 1.94 bits per heavy atom. The first kappa shape index (κ1) is 11.9. The smallest absolute Gasteiger partial charge is 0.138 e. The lowest BCUT2D eigenvalue weighted by molar-refractivity contribution is -0.118. The molecule has 0 atom stereocenters. The van der Waals surface area contributed by atoms with Crippen LogP contribution in [0.1, 0.15) is 16.9 Å². The Labute approximate surface area is 105 Å². The van der Waals surface area contributed by atoms with Crippen LogP contribution in [0.2, 0.25) is 0 Å². The highest BCUT2D eigenvalue weighted by Crippen LogP contribution is 2.12. The van der Waals surface area contributed by atoms with Crippen LogP contribution in [0.25, 0.3) is 0 Å². The Kier molecular flexibility index (Phi) is 3.94. The van der Waals surface area contributed by atoms with Crippen LogP contribution >= 0.6 is 11.3 Å². The molecule has 0 spiro atoms. The summed E-state index contributed by atoms with van der Waals surface area (Å²) in [5, 5.41) is 2.00. The highest BCUT2D eigenvalue weighted by atomic mass is 32.1. The second-order valence-corrected chi connectivity index (χ2v) is 5.07. The summed E-state index contributed by atoms with van der Waals surface area (Å²) in [5.74, 6) is 0.296. The zero-order valence-electron chi connectivity index (χ0n) is 9.56. The number of Topliss-reactive ketones (excluding diaryl/α,β-unsaturated/α-hetero) is 1. The van der Waals surface area contributed by atoms with Crippen LogP contribution in [0, 0.1) is 0 Å². The number of carbonyl (C=O) groups excluding carboxylic acids is 1. The first-order chi connectivity index (χ1) is 8.24. The summed E-state index contributed by atoms with van der Waals surface area (Å²) in [6.45, 7) is 0. The van der Waals surface area contributed by atoms with Gasteiger partial charge in [-0.3, -0.25) is 4.79 Å². The highest BCUT2D eigenvalue weighted by Gasteiger charge is 2.05. The van der Waals surface area contributed by atoms with E-state index in [9.17, 15) is 4.79 Å². The molecule has 1 aromatic carbocycles. The number of ketones is 1. The van der Waals surface area contributed by atoms with E-state index in [-0.39, 0.29) is 0 Å². The highest BCUT2D eigenvalue weighted by molar-refractivity contribution is 7.10. The minimum Gasteiger partial charge on any atom is -0.399 e. The van der Waals surface area contributed by atoms with Crippen LogP contribution in [0.15, 0.2) is 41.8 Å². The summed E-state index contributed by atoms with van der Waals surface area (Å²) >= 11 is 1.64. The molecule has 0 saturated carbocycles. The van der Waals surface area contributed by atoms with E-state index in [2.05, 4.69) is 0 Å². The second kappa shape index (κ2) is 5.64. The molecule has 0 saturated heterocycles. The fourth-order valence-corrected chi connectivity index (χ4v) is 2.40. The molecule has 0 radical (unpaired) electrons. The van der Waals surface area contributed by atoms with Gasteiger partial charge in [-0.25, -0.2) is 0 Å². The van der Waals surface area contributed by atoms with Gasteiger partial charge >= 0.3 is 0 Å². The van der Waals surface area contributed by atoms with Crippen LogP contribution in [-0.2, 0) is 17.6 Å². The van der Waals surface area contributed by atoms with E-state index < -0.39 is 0 Å². The van der Waals surface area contributed by atoms with Gasteiger partial charge in [0.1, 0.15) is 5.78 Å². The fourth-order valence-electron chi connectivity index (χ4n) is 1.66. The number of benzene rings is 1. The first-order valence-electron chi connectivity index (χ1n) is 5.62. The summed E-state index contributed by atoms with van der Waals surface area (Å²) in [6, 6.07) is 11.7. The average molecular weight is 245 g/mol. The van der Waals surface area contributed by atoms with E-state index in [0.29, 0.717) is 18.6 Å². The predicted octanol–water partition coefficient (Wildman–Crippen LogP) is 3.07. The maximum atomic E-state index is 11.7. The van der Waals surface area contributed by atoms with Crippen molar-refractivity contribution in [3.05, 3.63) is 52.2 Å². The van der Waals surface area contributed by atoms with Crippen molar-refractivity contribution in [2.75, 3.05) is 5.73 Å². The van der Waals surface area contributed by atoms with Crippen molar-refractivity contribution in [2.45, 2.75) is 19.3 Å². The molecule has 2 rings (SSSR count). The van der Waals surface area contributed by atoms with Gasteiger partial charge in [0.2, 0.25) is 0 Å². The van der Waals surface area contributed by atoms with Gasteiger partial charge in [-0.15, -0.1) is 11.3 Å². The Bertz CT molecular complexity index is 473. The number of nitrogen functional groups attached to an aromatic ring is 1. The zero-order chi connectivity index (χ0) is 12.1. The van der Waals surface area contributed by atoms with Crippen LogP contribution in [0.3, 0.4) is 0 Å². The molecule has 0 unspecified atom stereocenters. The summed E-state index contributed by atoms with van der Waals surface area (Å²) in [5.41, 5.74) is 7.54. The number of thiophene rings is 1. The Hall–Kier alpha value is -1.61. The molecular weight excluding hydrogens is 230 g/mol. The number of hydrogen-bond acceptors (Lipinski definition) is 3. The van der Waals surface area contributed by atoms with Crippen molar-refractivity contribution >= 4 is 22.8 Å². The van der Waals surface area contributed by atoms with Gasteiger partial charge < -0.3 is 5.73 Å². The monoisotopic (exact) mass is 245 g/mol. The number of rotatable bonds is 5. The van der Waals surface area contributed by atoms with Gasteiger partial charge in [0.05, 0.1) is 0 Å². The fraction of sp³-hybridized carbons (Fsp3) is 0.214. The van der Waals surface area contributed by atoms with Crippen LogP contribution < -0.4 is 5.73 Å². The van der Waals surface area contributed by atoms with E-state index in [4.69, 9.17) is 5.73 Å². The van der Waals surface area contributed by atoms with Crippen molar-refractivity contribution in [3.63, 3.8) is 0 Å². The quantitative estimate of drug-likeness (QED) is 0.823. The van der Waals surface area contributed by atoms with Gasteiger partial charge in [0, 0.05) is 23.4 Å². The minimum absolute atomic E-state index is 0.296. The molecule has 3 heteroatoms. The molecule has 2 aromatic rings. The summed E-state index contributed by atoms with van der Waals surface area (Å²) in [6.07, 6.45) is 1.96. The second-order valence-electron chi connectivity index (χ2n) is 4.04. The van der Waals surface area contributed by atoms with E-state index >= 15 is 0 Å². The minimum atomic E-state index is 0.296. The molecule has 0 bridgehead atoms. The summed E-state index contributed by atoms with van der Waals surface area (Å²) in [4.78, 5) is 12.9. The van der Waals surface area contributed by atoms with E-state index in [1.807, 2.05) is 41.8 Å². The average Bonchev–Trinajstić information content (AvgIpc) is 2.81. The topological polar surface area (TPSA) is 43.1 Å². The molecular formula is C14H15NOS. The normalized spacial score (nSPS) is 10.4. The Balaban J connectivity index is 1.82. The van der Waals surface area contributed by atoms with Gasteiger partial charge in [-0.05, 0) is 35.6 Å². The number of carbonyl (C=O) groups is 1. The van der Waals surface area contributed by atoms with Crippen LogP contribution in [0.4, 0.5) is 5.69 Å². The number of nitrogens with two attached hydrogens (primary N) is 1. The van der Waals surface area contributed by atoms with E-state index in [1.54, 1.807) is 11.3 Å². The number of aryl methyl sites for hydroxylation is 1. The third-order valence-corrected chi connectivity index (χ3v) is 3.50. The standard InChI is InChI=1S/C14H15NOS/c15-12-6-3-11(4-7-12)5-8-13(16)10-14-2-1-9-17-14/h1-4,6-7,9H,5,8,10,15H2. The molecule has 1 heterocycles. The molecule has 0 amide bonds. The lowest BCUT2D eigenvalue weighted by Crippen LogP contribution is -2.03. The predicted molar refractivity (Wildman–Crippen MR) is 72.2 cm³/mol. The van der Waals surface area contributed by atoms with Crippen molar-refractivity contribution in [1.29, 1.82) is 0 Å². The lowest BCUT2D eigenvalue weighted by atomic mass is 10.1. The summed E-state index contributed by atoms with van der Waals surface area (Å²) < 4.78 is 0. The number of anilines is 1. The molecule has 1 aromatic heterocycles. The summed E-state index contributed by atoms with van der Waals surface area (Å²) in [7, 11) is 0. The van der Waals surface area contributed by atoms with Gasteiger partial charge in [-0.1, -0.05) is 18.2 Å². The SMILES string of the molecule is Nc1ccc(CCC(=O)Cc2cccs2)cc1. The molecule has 2 nitrogen and oxygen atoms in total. The molecule has 0 aliphatic rings. The molecule has 0 aliphatic carbocycles. The third kappa shape index (κ3) is 3.71. The first-order valence-corrected chi connectivity index (χ1v) is 6.50. The molecule has 0 fully saturated rings. The maximum Gasteiger partial charge on any atom is 0.138 e. The van der Waals surface area contributed by atoms with E-state index in [0.717, 1.165) is 17.0 Å². The lowest BCUT2D eigenvalue weighted by Gasteiger charge is -2.01. The zero-order valence-corrected chi connectivity index (χ0v) is 10.4. The maximum absolute atomic E-state index is 11.7. The van der Waals surface area contributed by atoms with Crippen LogP contribution in [0.5, 0.6) is 0 Å². The van der Waals surface area contributed by atoms with Crippen molar-refractivity contribution in [3.8, 4) is 0 Å². The molecule has 0 aliphatic heterocycles. The van der Waals surface area contributed by atoms with Gasteiger partial charge in [0.25, 0.3) is 0 Å². The Morgan fingerprint density at radius 1 is 1.18 bits per heavy atom. The molecule has 17 heavy (non-hydrogen) atoms. The van der Waals surface area contributed by atoms with E-state index in [1.165, 1.54) is 5.56 Å². The van der Waals surface area contributed by atoms with Gasteiger partial charge in [0.15, 0.2) is 0 Å². The van der Waals surface area contributed by atoms with Crippen molar-refractivity contribution in [2.24, 2.45) is 0 Å². The largest absolute Gasteiger partial charge is 0.399 e.